The molecule has 17 heavy (non-hydrogen) atoms. The molecule has 84 valence electrons. The Morgan fingerprint density at radius 3 is 2.53 bits per heavy atom. The van der Waals surface area contributed by atoms with Gasteiger partial charge < -0.3 is 5.73 Å². The van der Waals surface area contributed by atoms with Crippen molar-refractivity contribution in [1.82, 2.24) is 9.88 Å². The molecule has 0 saturated heterocycles. The Bertz CT molecular complexity index is 679. The molecule has 0 bridgehead atoms. The molecule has 0 saturated carbocycles. The van der Waals surface area contributed by atoms with Gasteiger partial charge in [-0.2, -0.15) is 0 Å². The molecule has 2 heterocycles. The maximum atomic E-state index is 12.0. The lowest BCUT2D eigenvalue weighted by molar-refractivity contribution is 0.0694. The van der Waals surface area contributed by atoms with E-state index in [1.165, 1.54) is 7.05 Å². The number of hydrogen-bond acceptors (Lipinski definition) is 4. The first-order valence-electron chi connectivity index (χ1n) is 5.12. The van der Waals surface area contributed by atoms with E-state index in [4.69, 9.17) is 5.73 Å². The molecule has 5 nitrogen and oxygen atoms in total. The van der Waals surface area contributed by atoms with Gasteiger partial charge in [-0.15, -0.1) is 0 Å². The monoisotopic (exact) mass is 227 g/mol. The van der Waals surface area contributed by atoms with Crippen LogP contribution in [0.2, 0.25) is 0 Å². The number of pyridine rings is 1. The summed E-state index contributed by atoms with van der Waals surface area (Å²) in [5.74, 6) is -0.600. The fourth-order valence-electron chi connectivity index (χ4n) is 2.10. The van der Waals surface area contributed by atoms with Crippen LogP contribution < -0.4 is 5.73 Å². The summed E-state index contributed by atoms with van der Waals surface area (Å²) < 4.78 is 0. The predicted molar refractivity (Wildman–Crippen MR) is 62.6 cm³/mol. The molecule has 1 aliphatic heterocycles. The van der Waals surface area contributed by atoms with Gasteiger partial charge in [0.05, 0.1) is 16.6 Å². The molecule has 1 aliphatic rings. The second kappa shape index (κ2) is 3.04. The summed E-state index contributed by atoms with van der Waals surface area (Å²) in [6, 6.07) is 7.15. The van der Waals surface area contributed by atoms with Gasteiger partial charge in [0.1, 0.15) is 5.82 Å². The van der Waals surface area contributed by atoms with Crippen LogP contribution in [0, 0.1) is 0 Å². The number of imide groups is 1. The number of anilines is 1. The molecule has 0 aliphatic carbocycles. The molecule has 0 spiro atoms. The number of nitrogens with zero attached hydrogens (tertiary/aromatic N) is 2. The maximum Gasteiger partial charge on any atom is 0.265 e. The minimum atomic E-state index is -0.388. The van der Waals surface area contributed by atoms with Crippen LogP contribution in [0.25, 0.3) is 10.9 Å². The van der Waals surface area contributed by atoms with Crippen molar-refractivity contribution in [3.63, 3.8) is 0 Å². The minimum Gasteiger partial charge on any atom is -0.383 e. The number of carbonyl (C=O) groups excluding carboxylic acids is 2. The third-order valence-electron chi connectivity index (χ3n) is 2.96. The van der Waals surface area contributed by atoms with Gasteiger partial charge in [0.2, 0.25) is 0 Å². The Hall–Kier alpha value is -2.43. The van der Waals surface area contributed by atoms with Gasteiger partial charge in [-0.05, 0) is 6.07 Å². The largest absolute Gasteiger partial charge is 0.383 e. The van der Waals surface area contributed by atoms with Crippen LogP contribution in [0.4, 0.5) is 5.82 Å². The molecule has 2 amide bonds. The van der Waals surface area contributed by atoms with Gasteiger partial charge in [-0.25, -0.2) is 4.98 Å². The molecule has 0 fully saturated rings. The van der Waals surface area contributed by atoms with E-state index < -0.39 is 0 Å². The quantitative estimate of drug-likeness (QED) is 0.682. The van der Waals surface area contributed by atoms with Crippen molar-refractivity contribution in [2.24, 2.45) is 0 Å². The van der Waals surface area contributed by atoms with Gasteiger partial charge in [0.15, 0.2) is 0 Å². The lowest BCUT2D eigenvalue weighted by atomic mass is 10.0. The standard InChI is InChI=1S/C12H9N3O2/c1-15-11(16)8-6-4-2-3-5-7(6)14-10(13)9(8)12(15)17/h2-5H,1H3,(H2,13,14). The van der Waals surface area contributed by atoms with E-state index in [9.17, 15) is 9.59 Å². The Balaban J connectivity index is 2.51. The number of benzene rings is 1. The Morgan fingerprint density at radius 2 is 1.76 bits per heavy atom. The SMILES string of the molecule is CN1C(=O)c2c(N)nc3ccccc3c2C1=O. The van der Waals surface area contributed by atoms with Crippen LogP contribution in [0.5, 0.6) is 0 Å². The average Bonchev–Trinajstić information content (AvgIpc) is 2.55. The van der Waals surface area contributed by atoms with Gasteiger partial charge in [0.25, 0.3) is 11.8 Å². The Labute approximate surface area is 96.8 Å². The number of amides is 2. The van der Waals surface area contributed by atoms with Crippen molar-refractivity contribution in [1.29, 1.82) is 0 Å². The van der Waals surface area contributed by atoms with E-state index in [0.717, 1.165) is 4.90 Å². The van der Waals surface area contributed by atoms with Crippen LogP contribution >= 0.6 is 0 Å². The van der Waals surface area contributed by atoms with E-state index in [-0.39, 0.29) is 23.2 Å². The second-order valence-corrected chi connectivity index (χ2v) is 3.93. The highest BCUT2D eigenvalue weighted by Gasteiger charge is 2.36. The molecular weight excluding hydrogens is 218 g/mol. The molecule has 1 aromatic carbocycles. The molecular formula is C12H9N3O2. The summed E-state index contributed by atoms with van der Waals surface area (Å²) >= 11 is 0. The Kier molecular flexibility index (Phi) is 1.75. The number of aromatic nitrogens is 1. The van der Waals surface area contributed by atoms with Gasteiger partial charge in [0, 0.05) is 12.4 Å². The van der Waals surface area contributed by atoms with Crippen molar-refractivity contribution >= 4 is 28.5 Å². The van der Waals surface area contributed by atoms with E-state index in [2.05, 4.69) is 4.98 Å². The van der Waals surface area contributed by atoms with E-state index in [1.54, 1.807) is 18.2 Å². The first kappa shape index (κ1) is 9.77. The van der Waals surface area contributed by atoms with Crippen molar-refractivity contribution in [3.05, 3.63) is 35.4 Å². The van der Waals surface area contributed by atoms with Crippen molar-refractivity contribution < 1.29 is 9.59 Å². The van der Waals surface area contributed by atoms with Crippen LogP contribution in [-0.2, 0) is 0 Å². The number of carbonyl (C=O) groups is 2. The van der Waals surface area contributed by atoms with Crippen molar-refractivity contribution in [2.75, 3.05) is 12.8 Å². The number of fused-ring (bicyclic) bond motifs is 3. The third-order valence-corrected chi connectivity index (χ3v) is 2.96. The van der Waals surface area contributed by atoms with Gasteiger partial charge in [-0.3, -0.25) is 14.5 Å². The zero-order valence-electron chi connectivity index (χ0n) is 9.10. The highest BCUT2D eigenvalue weighted by molar-refractivity contribution is 6.27. The second-order valence-electron chi connectivity index (χ2n) is 3.93. The van der Waals surface area contributed by atoms with E-state index in [1.807, 2.05) is 6.07 Å². The molecule has 3 rings (SSSR count). The summed E-state index contributed by atoms with van der Waals surface area (Å²) in [5, 5.41) is 0.666. The summed E-state index contributed by atoms with van der Waals surface area (Å²) in [6.07, 6.45) is 0. The first-order valence-corrected chi connectivity index (χ1v) is 5.12. The summed E-state index contributed by atoms with van der Waals surface area (Å²) in [7, 11) is 1.44. The number of para-hydroxylation sites is 1. The Morgan fingerprint density at radius 1 is 1.12 bits per heavy atom. The number of nitrogen functional groups attached to an aromatic ring is 1. The van der Waals surface area contributed by atoms with E-state index in [0.29, 0.717) is 16.5 Å². The normalized spacial score (nSPS) is 14.5. The lowest BCUT2D eigenvalue weighted by Crippen LogP contribution is -2.24. The van der Waals surface area contributed by atoms with Crippen LogP contribution in [-0.4, -0.2) is 28.7 Å². The molecule has 2 N–H and O–H groups in total. The smallest absolute Gasteiger partial charge is 0.265 e. The van der Waals surface area contributed by atoms with E-state index >= 15 is 0 Å². The molecule has 5 heteroatoms. The molecule has 1 aromatic heterocycles. The number of rotatable bonds is 0. The highest BCUT2D eigenvalue weighted by Crippen LogP contribution is 2.31. The zero-order chi connectivity index (χ0) is 12.2. The average molecular weight is 227 g/mol. The molecule has 0 radical (unpaired) electrons. The van der Waals surface area contributed by atoms with Gasteiger partial charge >= 0.3 is 0 Å². The predicted octanol–water partition coefficient (Wildman–Crippen LogP) is 1.04. The lowest BCUT2D eigenvalue weighted by Gasteiger charge is -2.03. The first-order chi connectivity index (χ1) is 8.11. The fraction of sp³-hybridized carbons (Fsp3) is 0.0833. The van der Waals surface area contributed by atoms with Crippen molar-refractivity contribution in [2.45, 2.75) is 0 Å². The summed E-state index contributed by atoms with van der Waals surface area (Å²) in [5.41, 5.74) is 6.95. The summed E-state index contributed by atoms with van der Waals surface area (Å²) in [6.45, 7) is 0. The summed E-state index contributed by atoms with van der Waals surface area (Å²) in [4.78, 5) is 29.1. The topological polar surface area (TPSA) is 76.3 Å². The maximum absolute atomic E-state index is 12.0. The van der Waals surface area contributed by atoms with Crippen LogP contribution in [0.3, 0.4) is 0 Å². The zero-order valence-corrected chi connectivity index (χ0v) is 9.10. The minimum absolute atomic E-state index is 0.112. The number of hydrogen-bond donors (Lipinski definition) is 1. The number of nitrogens with two attached hydrogens (primary N) is 1. The van der Waals surface area contributed by atoms with Crippen LogP contribution in [0.15, 0.2) is 24.3 Å². The molecule has 2 aromatic rings. The molecule has 0 atom stereocenters. The fourth-order valence-corrected chi connectivity index (χ4v) is 2.10. The highest BCUT2D eigenvalue weighted by atomic mass is 16.2. The van der Waals surface area contributed by atoms with Crippen molar-refractivity contribution in [3.8, 4) is 0 Å². The van der Waals surface area contributed by atoms with Crippen LogP contribution in [0.1, 0.15) is 20.7 Å². The molecule has 0 unspecified atom stereocenters. The third kappa shape index (κ3) is 1.10. The van der Waals surface area contributed by atoms with Gasteiger partial charge in [-0.1, -0.05) is 18.2 Å².